The molecule has 2 aromatic rings. The van der Waals surface area contributed by atoms with E-state index in [0.717, 1.165) is 34.3 Å². The van der Waals surface area contributed by atoms with Gasteiger partial charge in [0.2, 0.25) is 5.91 Å². The molecule has 1 aliphatic rings. The van der Waals surface area contributed by atoms with Crippen molar-refractivity contribution in [1.82, 2.24) is 9.78 Å². The highest BCUT2D eigenvalue weighted by Crippen LogP contribution is 2.36. The number of nitrogens with one attached hydrogen (secondary N) is 1. The molecule has 0 atom stereocenters. The number of nitrogens with zero attached hydrogens (tertiary/aromatic N) is 2. The lowest BCUT2D eigenvalue weighted by Crippen LogP contribution is -2.29. The number of carbonyl (C=O) groups is 1. The molecule has 0 saturated carbocycles. The summed E-state index contributed by atoms with van der Waals surface area (Å²) in [7, 11) is 0. The summed E-state index contributed by atoms with van der Waals surface area (Å²) in [6, 6.07) is 8.20. The van der Waals surface area contributed by atoms with Crippen LogP contribution in [0.25, 0.3) is 5.69 Å². The number of thioether (sulfide) groups is 1. The maximum atomic E-state index is 12.4. The molecule has 1 aromatic carbocycles. The van der Waals surface area contributed by atoms with Gasteiger partial charge in [0.25, 0.3) is 0 Å². The predicted molar refractivity (Wildman–Crippen MR) is 91.4 cm³/mol. The fourth-order valence-electron chi connectivity index (χ4n) is 2.31. The Balaban J connectivity index is 2.04. The number of hydrogen-bond acceptors (Lipinski definition) is 3. The van der Waals surface area contributed by atoms with Crippen LogP contribution in [-0.4, -0.2) is 15.7 Å². The largest absolute Gasteiger partial charge is 0.310 e. The first kappa shape index (κ1) is 15.2. The molecule has 3 rings (SSSR count). The zero-order valence-corrected chi connectivity index (χ0v) is 14.3. The average molecular weight is 315 g/mol. The van der Waals surface area contributed by atoms with Crippen molar-refractivity contribution < 1.29 is 4.79 Å². The minimum Gasteiger partial charge on any atom is -0.310 e. The van der Waals surface area contributed by atoms with E-state index < -0.39 is 5.41 Å². The van der Waals surface area contributed by atoms with Gasteiger partial charge in [-0.05, 0) is 19.1 Å². The van der Waals surface area contributed by atoms with Gasteiger partial charge in [-0.2, -0.15) is 16.9 Å². The lowest BCUT2D eigenvalue weighted by molar-refractivity contribution is -0.123. The Morgan fingerprint density at radius 2 is 1.91 bits per heavy atom. The van der Waals surface area contributed by atoms with Crippen LogP contribution in [-0.2, 0) is 16.3 Å². The molecule has 22 heavy (non-hydrogen) atoms. The predicted octanol–water partition coefficient (Wildman–Crippen LogP) is 3.91. The van der Waals surface area contributed by atoms with E-state index >= 15 is 0 Å². The first-order valence-electron chi connectivity index (χ1n) is 7.43. The van der Waals surface area contributed by atoms with Gasteiger partial charge in [-0.3, -0.25) is 4.79 Å². The molecule has 1 amide bonds. The van der Waals surface area contributed by atoms with Crippen LogP contribution < -0.4 is 5.32 Å². The Morgan fingerprint density at radius 3 is 2.55 bits per heavy atom. The summed E-state index contributed by atoms with van der Waals surface area (Å²) < 4.78 is 1.87. The van der Waals surface area contributed by atoms with Crippen LogP contribution >= 0.6 is 11.8 Å². The van der Waals surface area contributed by atoms with Gasteiger partial charge in [-0.15, -0.1) is 0 Å². The molecule has 2 heterocycles. The van der Waals surface area contributed by atoms with Crippen molar-refractivity contribution in [2.24, 2.45) is 5.41 Å². The maximum absolute atomic E-state index is 12.4. The van der Waals surface area contributed by atoms with Crippen molar-refractivity contribution >= 4 is 23.5 Å². The molecule has 1 aliphatic heterocycles. The maximum Gasteiger partial charge on any atom is 0.230 e. The Labute approximate surface area is 135 Å². The smallest absolute Gasteiger partial charge is 0.230 e. The van der Waals surface area contributed by atoms with Crippen molar-refractivity contribution in [3.05, 3.63) is 41.1 Å². The quantitative estimate of drug-likeness (QED) is 0.914. The number of hydrogen-bond donors (Lipinski definition) is 1. The molecule has 5 heteroatoms. The highest BCUT2D eigenvalue weighted by Gasteiger charge is 2.28. The van der Waals surface area contributed by atoms with Gasteiger partial charge in [0.15, 0.2) is 0 Å². The van der Waals surface area contributed by atoms with E-state index in [1.54, 1.807) is 0 Å². The Kier molecular flexibility index (Phi) is 3.77. The molecule has 0 fully saturated rings. The summed E-state index contributed by atoms with van der Waals surface area (Å²) in [5, 5.41) is 7.80. The van der Waals surface area contributed by atoms with Gasteiger partial charge in [0.1, 0.15) is 5.82 Å². The second-order valence-electron chi connectivity index (χ2n) is 6.72. The second kappa shape index (κ2) is 5.47. The van der Waals surface area contributed by atoms with Gasteiger partial charge < -0.3 is 5.32 Å². The molecule has 0 radical (unpaired) electrons. The van der Waals surface area contributed by atoms with Crippen molar-refractivity contribution in [2.75, 3.05) is 5.32 Å². The summed E-state index contributed by atoms with van der Waals surface area (Å²) in [5.74, 6) is 2.65. The highest BCUT2D eigenvalue weighted by molar-refractivity contribution is 7.98. The molecule has 0 aliphatic carbocycles. The van der Waals surface area contributed by atoms with E-state index in [1.165, 1.54) is 5.56 Å². The third kappa shape index (κ3) is 2.77. The lowest BCUT2D eigenvalue weighted by Gasteiger charge is -2.19. The summed E-state index contributed by atoms with van der Waals surface area (Å²) >= 11 is 1.84. The van der Waals surface area contributed by atoms with Crippen molar-refractivity contribution in [3.8, 4) is 5.69 Å². The number of aryl methyl sites for hydroxylation is 1. The van der Waals surface area contributed by atoms with Gasteiger partial charge in [0, 0.05) is 22.5 Å². The zero-order valence-electron chi connectivity index (χ0n) is 13.4. The van der Waals surface area contributed by atoms with Gasteiger partial charge in [-0.25, -0.2) is 4.68 Å². The molecule has 116 valence electrons. The van der Waals surface area contributed by atoms with E-state index in [9.17, 15) is 4.79 Å². The number of carbonyl (C=O) groups excluding carboxylic acids is 1. The molecule has 0 spiro atoms. The SMILES string of the molecule is Cc1ccc(-n2nc3c(c2NC(=O)C(C)(C)C)CSC3)cc1. The molecule has 0 bridgehead atoms. The highest BCUT2D eigenvalue weighted by atomic mass is 32.2. The van der Waals surface area contributed by atoms with E-state index in [0.29, 0.717) is 0 Å². The molecule has 1 aromatic heterocycles. The summed E-state index contributed by atoms with van der Waals surface area (Å²) in [5.41, 5.74) is 3.99. The van der Waals surface area contributed by atoms with Crippen LogP contribution in [0.4, 0.5) is 5.82 Å². The van der Waals surface area contributed by atoms with Crippen LogP contribution in [0, 0.1) is 12.3 Å². The fourth-order valence-corrected chi connectivity index (χ4v) is 3.34. The Bertz CT molecular complexity index is 711. The van der Waals surface area contributed by atoms with E-state index in [-0.39, 0.29) is 5.91 Å². The first-order valence-corrected chi connectivity index (χ1v) is 8.59. The third-order valence-electron chi connectivity index (χ3n) is 3.74. The van der Waals surface area contributed by atoms with Crippen LogP contribution in [0.1, 0.15) is 37.6 Å². The molecule has 4 nitrogen and oxygen atoms in total. The summed E-state index contributed by atoms with van der Waals surface area (Å²) in [6.45, 7) is 7.82. The topological polar surface area (TPSA) is 46.9 Å². The number of amides is 1. The van der Waals surface area contributed by atoms with Gasteiger partial charge in [-0.1, -0.05) is 38.5 Å². The number of rotatable bonds is 2. The third-order valence-corrected chi connectivity index (χ3v) is 4.71. The number of fused-ring (bicyclic) bond motifs is 1. The first-order chi connectivity index (χ1) is 10.4. The Morgan fingerprint density at radius 1 is 1.23 bits per heavy atom. The molecular weight excluding hydrogens is 294 g/mol. The molecule has 0 unspecified atom stereocenters. The number of aromatic nitrogens is 2. The number of benzene rings is 1. The fraction of sp³-hybridized carbons (Fsp3) is 0.412. The standard InChI is InChI=1S/C17H21N3OS/c1-11-5-7-12(8-6-11)20-15(18-16(21)17(2,3)4)13-9-22-10-14(13)19-20/h5-8H,9-10H2,1-4H3,(H,18,21). The van der Waals surface area contributed by atoms with Crippen LogP contribution in [0.3, 0.4) is 0 Å². The molecule has 0 saturated heterocycles. The monoisotopic (exact) mass is 315 g/mol. The van der Waals surface area contributed by atoms with Crippen LogP contribution in [0.15, 0.2) is 24.3 Å². The van der Waals surface area contributed by atoms with Gasteiger partial charge in [0.05, 0.1) is 11.4 Å². The van der Waals surface area contributed by atoms with E-state index in [1.807, 2.05) is 49.3 Å². The van der Waals surface area contributed by atoms with Crippen molar-refractivity contribution in [1.29, 1.82) is 0 Å². The van der Waals surface area contributed by atoms with Crippen LogP contribution in [0.5, 0.6) is 0 Å². The lowest BCUT2D eigenvalue weighted by atomic mass is 9.95. The Hall–Kier alpha value is -1.75. The van der Waals surface area contributed by atoms with E-state index in [4.69, 9.17) is 5.10 Å². The molecule has 1 N–H and O–H groups in total. The number of anilines is 1. The average Bonchev–Trinajstić information content (AvgIpc) is 3.01. The summed E-state index contributed by atoms with van der Waals surface area (Å²) in [6.07, 6.45) is 0. The van der Waals surface area contributed by atoms with Gasteiger partial charge >= 0.3 is 0 Å². The minimum absolute atomic E-state index is 0.0143. The normalized spacial score (nSPS) is 14.0. The second-order valence-corrected chi connectivity index (χ2v) is 7.70. The summed E-state index contributed by atoms with van der Waals surface area (Å²) in [4.78, 5) is 12.4. The minimum atomic E-state index is -0.430. The van der Waals surface area contributed by atoms with Crippen molar-refractivity contribution in [3.63, 3.8) is 0 Å². The van der Waals surface area contributed by atoms with Crippen molar-refractivity contribution in [2.45, 2.75) is 39.2 Å². The van der Waals surface area contributed by atoms with E-state index in [2.05, 4.69) is 24.4 Å². The zero-order chi connectivity index (χ0) is 15.9. The molecular formula is C17H21N3OS. The van der Waals surface area contributed by atoms with Crippen LogP contribution in [0.2, 0.25) is 0 Å².